The van der Waals surface area contributed by atoms with Crippen LogP contribution in [0.3, 0.4) is 0 Å². The Bertz CT molecular complexity index is 539. The SMILES string of the molecule is COC(=O)CSCC1OC(C)(C)N(C(=O)OC(C)(C)C)C1CC1CCCCC1. The molecule has 1 heterocycles. The molecule has 0 bridgehead atoms. The average Bonchev–Trinajstić information content (AvgIpc) is 2.84. The number of amides is 1. The maximum absolute atomic E-state index is 13.0. The van der Waals surface area contributed by atoms with Crippen molar-refractivity contribution in [3.8, 4) is 0 Å². The lowest BCUT2D eigenvalue weighted by molar-refractivity contribution is -0.137. The van der Waals surface area contributed by atoms with E-state index in [4.69, 9.17) is 14.2 Å². The van der Waals surface area contributed by atoms with Crippen molar-refractivity contribution < 1.29 is 23.8 Å². The Hall–Kier alpha value is -0.950. The summed E-state index contributed by atoms with van der Waals surface area (Å²) in [5.41, 5.74) is -1.29. The van der Waals surface area contributed by atoms with Gasteiger partial charge in [0.1, 0.15) is 11.3 Å². The molecule has 2 atom stereocenters. The highest BCUT2D eigenvalue weighted by Gasteiger charge is 2.51. The zero-order valence-electron chi connectivity index (χ0n) is 18.3. The third kappa shape index (κ3) is 6.55. The molecular formula is C21H37NO5S. The lowest BCUT2D eigenvalue weighted by atomic mass is 9.83. The van der Waals surface area contributed by atoms with Gasteiger partial charge in [0.15, 0.2) is 0 Å². The van der Waals surface area contributed by atoms with E-state index >= 15 is 0 Å². The fourth-order valence-electron chi connectivity index (χ4n) is 4.22. The summed E-state index contributed by atoms with van der Waals surface area (Å²) in [6.45, 7) is 9.50. The molecule has 28 heavy (non-hydrogen) atoms. The molecule has 1 aliphatic carbocycles. The van der Waals surface area contributed by atoms with Gasteiger partial charge in [-0.15, -0.1) is 11.8 Å². The molecule has 0 N–H and O–H groups in total. The van der Waals surface area contributed by atoms with Crippen LogP contribution in [0.5, 0.6) is 0 Å². The lowest BCUT2D eigenvalue weighted by Crippen LogP contribution is -2.51. The Morgan fingerprint density at radius 1 is 1.18 bits per heavy atom. The monoisotopic (exact) mass is 415 g/mol. The molecule has 1 amide bonds. The van der Waals surface area contributed by atoms with E-state index in [-0.39, 0.29) is 24.2 Å². The highest BCUT2D eigenvalue weighted by atomic mass is 32.2. The van der Waals surface area contributed by atoms with Gasteiger partial charge < -0.3 is 14.2 Å². The molecule has 6 nitrogen and oxygen atoms in total. The minimum absolute atomic E-state index is 0.0434. The van der Waals surface area contributed by atoms with Crippen LogP contribution in [0.2, 0.25) is 0 Å². The van der Waals surface area contributed by atoms with Crippen molar-refractivity contribution in [2.75, 3.05) is 18.6 Å². The average molecular weight is 416 g/mol. The Morgan fingerprint density at radius 3 is 2.39 bits per heavy atom. The number of carbonyl (C=O) groups is 2. The van der Waals surface area contributed by atoms with Crippen molar-refractivity contribution in [2.45, 2.75) is 96.6 Å². The molecule has 1 saturated heterocycles. The van der Waals surface area contributed by atoms with E-state index in [0.717, 1.165) is 6.42 Å². The van der Waals surface area contributed by atoms with Crippen LogP contribution in [-0.4, -0.2) is 59.0 Å². The van der Waals surface area contributed by atoms with Crippen molar-refractivity contribution in [1.82, 2.24) is 4.90 Å². The molecular weight excluding hydrogens is 378 g/mol. The topological polar surface area (TPSA) is 65.1 Å². The van der Waals surface area contributed by atoms with Gasteiger partial charge >= 0.3 is 12.1 Å². The molecule has 0 spiro atoms. The van der Waals surface area contributed by atoms with Crippen LogP contribution in [0.1, 0.15) is 73.1 Å². The Kier molecular flexibility index (Phi) is 8.08. The van der Waals surface area contributed by atoms with E-state index in [1.54, 1.807) is 4.90 Å². The summed E-state index contributed by atoms with van der Waals surface area (Å²) < 4.78 is 16.8. The molecule has 162 valence electrons. The van der Waals surface area contributed by atoms with Gasteiger partial charge in [-0.3, -0.25) is 9.69 Å². The highest BCUT2D eigenvalue weighted by Crippen LogP contribution is 2.40. The minimum Gasteiger partial charge on any atom is -0.468 e. The van der Waals surface area contributed by atoms with Crippen LogP contribution in [-0.2, 0) is 19.0 Å². The van der Waals surface area contributed by atoms with Gasteiger partial charge in [-0.2, -0.15) is 0 Å². The van der Waals surface area contributed by atoms with E-state index in [1.807, 2.05) is 34.6 Å². The second kappa shape index (κ2) is 9.70. The standard InChI is InChI=1S/C21H37NO5S/c1-20(2,3)27-19(24)22-16(12-15-10-8-7-9-11-15)17(26-21(22,4)5)13-28-14-18(23)25-6/h15-17H,7-14H2,1-6H3. The number of hydrogen-bond donors (Lipinski definition) is 0. The largest absolute Gasteiger partial charge is 0.468 e. The second-order valence-electron chi connectivity index (χ2n) is 9.35. The molecule has 0 radical (unpaired) electrons. The van der Waals surface area contributed by atoms with Crippen LogP contribution >= 0.6 is 11.8 Å². The molecule has 1 aliphatic heterocycles. The number of carbonyl (C=O) groups excluding carboxylic acids is 2. The van der Waals surface area contributed by atoms with Gasteiger partial charge in [0.2, 0.25) is 0 Å². The first-order valence-corrected chi connectivity index (χ1v) is 11.5. The predicted molar refractivity (Wildman–Crippen MR) is 111 cm³/mol. The van der Waals surface area contributed by atoms with Gasteiger partial charge in [-0.25, -0.2) is 4.79 Å². The summed E-state index contributed by atoms with van der Waals surface area (Å²) >= 11 is 1.50. The molecule has 2 fully saturated rings. The van der Waals surface area contributed by atoms with Gasteiger partial charge in [0.05, 0.1) is 25.0 Å². The fraction of sp³-hybridized carbons (Fsp3) is 0.905. The molecule has 0 aromatic rings. The zero-order valence-corrected chi connectivity index (χ0v) is 19.1. The highest BCUT2D eigenvalue weighted by molar-refractivity contribution is 7.99. The van der Waals surface area contributed by atoms with E-state index in [0.29, 0.717) is 17.4 Å². The molecule has 1 saturated carbocycles. The molecule has 2 rings (SSSR count). The van der Waals surface area contributed by atoms with Crippen LogP contribution < -0.4 is 0 Å². The normalized spacial score (nSPS) is 25.6. The molecule has 2 aliphatic rings. The maximum atomic E-state index is 13.0. The van der Waals surface area contributed by atoms with E-state index in [1.165, 1.54) is 51.0 Å². The Balaban J connectivity index is 2.15. The third-order valence-electron chi connectivity index (χ3n) is 5.40. The molecule has 7 heteroatoms. The van der Waals surface area contributed by atoms with Crippen molar-refractivity contribution in [3.05, 3.63) is 0 Å². The van der Waals surface area contributed by atoms with Crippen molar-refractivity contribution in [2.24, 2.45) is 5.92 Å². The van der Waals surface area contributed by atoms with Crippen LogP contribution in [0.4, 0.5) is 4.79 Å². The fourth-order valence-corrected chi connectivity index (χ4v) is 5.15. The molecule has 0 aromatic heterocycles. The van der Waals surface area contributed by atoms with Gasteiger partial charge in [-0.1, -0.05) is 32.1 Å². The second-order valence-corrected chi connectivity index (χ2v) is 10.4. The third-order valence-corrected chi connectivity index (χ3v) is 6.40. The first-order chi connectivity index (χ1) is 13.0. The lowest BCUT2D eigenvalue weighted by Gasteiger charge is -2.36. The van der Waals surface area contributed by atoms with Crippen LogP contribution in [0, 0.1) is 5.92 Å². The number of nitrogens with zero attached hydrogens (tertiary/aromatic N) is 1. The maximum Gasteiger partial charge on any atom is 0.412 e. The van der Waals surface area contributed by atoms with E-state index in [9.17, 15) is 9.59 Å². The zero-order chi connectivity index (χ0) is 20.9. The predicted octanol–water partition coefficient (Wildman–Crippen LogP) is 4.60. The summed E-state index contributed by atoms with van der Waals surface area (Å²) in [5, 5.41) is 0. The van der Waals surface area contributed by atoms with Crippen molar-refractivity contribution in [1.29, 1.82) is 0 Å². The first-order valence-electron chi connectivity index (χ1n) is 10.4. The minimum atomic E-state index is -0.738. The van der Waals surface area contributed by atoms with Crippen molar-refractivity contribution >= 4 is 23.8 Å². The number of hydrogen-bond acceptors (Lipinski definition) is 6. The van der Waals surface area contributed by atoms with Gasteiger partial charge in [-0.05, 0) is 47.0 Å². The van der Waals surface area contributed by atoms with E-state index in [2.05, 4.69) is 0 Å². The number of ether oxygens (including phenoxy) is 3. The summed E-state index contributed by atoms with van der Waals surface area (Å²) in [6, 6.07) is -0.0434. The summed E-state index contributed by atoms with van der Waals surface area (Å²) in [5.74, 6) is 1.30. The first kappa shape index (κ1) is 23.3. The molecule has 0 aromatic carbocycles. The van der Waals surface area contributed by atoms with Crippen LogP contribution in [0.15, 0.2) is 0 Å². The van der Waals surface area contributed by atoms with E-state index < -0.39 is 11.3 Å². The number of methoxy groups -OCH3 is 1. The molecule has 2 unspecified atom stereocenters. The number of thioether (sulfide) groups is 1. The Labute approximate surface area is 174 Å². The van der Waals surface area contributed by atoms with Gasteiger partial charge in [0.25, 0.3) is 0 Å². The quantitative estimate of drug-likeness (QED) is 0.591. The van der Waals surface area contributed by atoms with Crippen molar-refractivity contribution in [3.63, 3.8) is 0 Å². The smallest absolute Gasteiger partial charge is 0.412 e. The summed E-state index contributed by atoms with van der Waals surface area (Å²) in [6.07, 6.45) is 6.72. The summed E-state index contributed by atoms with van der Waals surface area (Å²) in [4.78, 5) is 26.3. The number of esters is 1. The number of rotatable bonds is 6. The van der Waals surface area contributed by atoms with Crippen LogP contribution in [0.25, 0.3) is 0 Å². The summed E-state index contributed by atoms with van der Waals surface area (Å²) in [7, 11) is 1.40. The van der Waals surface area contributed by atoms with Gasteiger partial charge in [0, 0.05) is 5.75 Å². The Morgan fingerprint density at radius 2 is 1.82 bits per heavy atom.